The first-order chi connectivity index (χ1) is 8.48. The van der Waals surface area contributed by atoms with Crippen LogP contribution in [0.3, 0.4) is 0 Å². The molecular formula is C11H15N3O3S. The van der Waals surface area contributed by atoms with Crippen molar-refractivity contribution in [3.8, 4) is 0 Å². The SMILES string of the molecule is CS(=O)(=O)N1CCCC1C(=O)Nc1ccncc1. The predicted octanol–water partition coefficient (Wildman–Crippen LogP) is 0.444. The number of hydrogen-bond acceptors (Lipinski definition) is 4. The molecule has 0 aromatic carbocycles. The van der Waals surface area contributed by atoms with Crippen molar-refractivity contribution in [3.63, 3.8) is 0 Å². The standard InChI is InChI=1S/C11H15N3O3S/c1-18(16,17)14-8-2-3-10(14)11(15)13-9-4-6-12-7-5-9/h4-7,10H,2-3,8H2,1H3,(H,12,13,15). The number of pyridine rings is 1. The van der Waals surface area contributed by atoms with Crippen LogP contribution < -0.4 is 5.32 Å². The summed E-state index contributed by atoms with van der Waals surface area (Å²) >= 11 is 0. The molecule has 1 aromatic rings. The Morgan fingerprint density at radius 1 is 1.44 bits per heavy atom. The Bertz CT molecular complexity index is 530. The van der Waals surface area contributed by atoms with Crippen molar-refractivity contribution in [3.05, 3.63) is 24.5 Å². The number of sulfonamides is 1. The number of nitrogens with one attached hydrogen (secondary N) is 1. The molecule has 1 fully saturated rings. The van der Waals surface area contributed by atoms with E-state index in [0.717, 1.165) is 6.26 Å². The molecule has 1 aliphatic rings. The number of hydrogen-bond donors (Lipinski definition) is 1. The second-order valence-electron chi connectivity index (χ2n) is 4.26. The zero-order valence-electron chi connectivity index (χ0n) is 10.0. The van der Waals surface area contributed by atoms with Gasteiger partial charge in [-0.15, -0.1) is 0 Å². The van der Waals surface area contributed by atoms with E-state index in [0.29, 0.717) is 25.1 Å². The average molecular weight is 269 g/mol. The second kappa shape index (κ2) is 5.03. The highest BCUT2D eigenvalue weighted by Gasteiger charge is 2.36. The Balaban J connectivity index is 2.10. The van der Waals surface area contributed by atoms with Gasteiger partial charge < -0.3 is 5.32 Å². The fraction of sp³-hybridized carbons (Fsp3) is 0.455. The Morgan fingerprint density at radius 2 is 2.11 bits per heavy atom. The van der Waals surface area contributed by atoms with Gasteiger partial charge in [0.2, 0.25) is 15.9 Å². The molecule has 6 nitrogen and oxygen atoms in total. The van der Waals surface area contributed by atoms with Gasteiger partial charge >= 0.3 is 0 Å². The van der Waals surface area contributed by atoms with Crippen LogP contribution in [0.4, 0.5) is 5.69 Å². The predicted molar refractivity (Wildman–Crippen MR) is 67.4 cm³/mol. The molecule has 0 aliphatic carbocycles. The maximum Gasteiger partial charge on any atom is 0.242 e. The van der Waals surface area contributed by atoms with Crippen molar-refractivity contribution in [1.82, 2.24) is 9.29 Å². The topological polar surface area (TPSA) is 79.4 Å². The highest BCUT2D eigenvalue weighted by molar-refractivity contribution is 7.88. The summed E-state index contributed by atoms with van der Waals surface area (Å²) in [5.41, 5.74) is 0.621. The third-order valence-corrected chi connectivity index (χ3v) is 4.17. The lowest BCUT2D eigenvalue weighted by Gasteiger charge is -2.21. The lowest BCUT2D eigenvalue weighted by molar-refractivity contribution is -0.119. The van der Waals surface area contributed by atoms with Crippen molar-refractivity contribution in [2.24, 2.45) is 0 Å². The molecule has 98 valence electrons. The Labute approximate surface area is 106 Å². The van der Waals surface area contributed by atoms with Gasteiger partial charge in [0.15, 0.2) is 0 Å². The molecule has 0 bridgehead atoms. The summed E-state index contributed by atoms with van der Waals surface area (Å²) in [5.74, 6) is -0.288. The Morgan fingerprint density at radius 3 is 2.72 bits per heavy atom. The minimum atomic E-state index is -3.33. The number of carbonyl (C=O) groups is 1. The molecule has 1 saturated heterocycles. The van der Waals surface area contributed by atoms with Gasteiger partial charge in [0, 0.05) is 24.6 Å². The number of aromatic nitrogens is 1. The van der Waals surface area contributed by atoms with Crippen molar-refractivity contribution in [1.29, 1.82) is 0 Å². The number of amides is 1. The van der Waals surface area contributed by atoms with E-state index in [1.165, 1.54) is 4.31 Å². The van der Waals surface area contributed by atoms with Crippen LogP contribution in [-0.2, 0) is 14.8 Å². The number of anilines is 1. The minimum absolute atomic E-state index is 0.288. The molecule has 1 amide bonds. The zero-order valence-corrected chi connectivity index (χ0v) is 10.9. The second-order valence-corrected chi connectivity index (χ2v) is 6.19. The molecule has 1 aliphatic heterocycles. The minimum Gasteiger partial charge on any atom is -0.325 e. The molecule has 1 atom stereocenters. The van der Waals surface area contributed by atoms with Gasteiger partial charge in [-0.25, -0.2) is 8.42 Å². The summed E-state index contributed by atoms with van der Waals surface area (Å²) in [5, 5.41) is 2.70. The smallest absolute Gasteiger partial charge is 0.242 e. The highest BCUT2D eigenvalue weighted by Crippen LogP contribution is 2.21. The molecule has 2 heterocycles. The van der Waals surface area contributed by atoms with E-state index in [4.69, 9.17) is 0 Å². The molecule has 0 spiro atoms. The Kier molecular flexibility index (Phi) is 3.63. The number of nitrogens with zero attached hydrogens (tertiary/aromatic N) is 2. The van der Waals surface area contributed by atoms with Crippen molar-refractivity contribution in [2.75, 3.05) is 18.1 Å². The summed E-state index contributed by atoms with van der Waals surface area (Å²) in [6, 6.07) is 2.73. The first-order valence-corrected chi connectivity index (χ1v) is 7.51. The van der Waals surface area contributed by atoms with E-state index in [1.54, 1.807) is 24.5 Å². The molecule has 7 heteroatoms. The summed E-state index contributed by atoms with van der Waals surface area (Å²) in [6.45, 7) is 0.410. The third-order valence-electron chi connectivity index (χ3n) is 2.88. The van der Waals surface area contributed by atoms with Gasteiger partial charge in [-0.3, -0.25) is 9.78 Å². The molecular weight excluding hydrogens is 254 g/mol. The van der Waals surface area contributed by atoms with Crippen LogP contribution in [0.1, 0.15) is 12.8 Å². The van der Waals surface area contributed by atoms with Crippen molar-refractivity contribution < 1.29 is 13.2 Å². The van der Waals surface area contributed by atoms with Gasteiger partial charge in [0.25, 0.3) is 0 Å². The van der Waals surface area contributed by atoms with Crippen molar-refractivity contribution >= 4 is 21.6 Å². The van der Waals surface area contributed by atoms with Crippen LogP contribution in [0.15, 0.2) is 24.5 Å². The lowest BCUT2D eigenvalue weighted by Crippen LogP contribution is -2.42. The molecule has 18 heavy (non-hydrogen) atoms. The van der Waals surface area contributed by atoms with E-state index in [9.17, 15) is 13.2 Å². The summed E-state index contributed by atoms with van der Waals surface area (Å²) in [7, 11) is -3.33. The Hall–Kier alpha value is -1.47. The summed E-state index contributed by atoms with van der Waals surface area (Å²) < 4.78 is 24.3. The normalized spacial score (nSPS) is 20.8. The highest BCUT2D eigenvalue weighted by atomic mass is 32.2. The monoisotopic (exact) mass is 269 g/mol. The first-order valence-electron chi connectivity index (χ1n) is 5.66. The molecule has 1 aromatic heterocycles. The van der Waals surface area contributed by atoms with Crippen LogP contribution >= 0.6 is 0 Å². The van der Waals surface area contributed by atoms with E-state index in [1.807, 2.05) is 0 Å². The van der Waals surface area contributed by atoms with E-state index < -0.39 is 16.1 Å². The molecule has 1 N–H and O–H groups in total. The maximum atomic E-state index is 12.0. The van der Waals surface area contributed by atoms with Crippen LogP contribution in [0.2, 0.25) is 0 Å². The van der Waals surface area contributed by atoms with Crippen molar-refractivity contribution in [2.45, 2.75) is 18.9 Å². The maximum absolute atomic E-state index is 12.0. The van der Waals surface area contributed by atoms with Crippen LogP contribution in [0.5, 0.6) is 0 Å². The largest absolute Gasteiger partial charge is 0.325 e. The van der Waals surface area contributed by atoms with E-state index in [-0.39, 0.29) is 5.91 Å². The molecule has 2 rings (SSSR count). The lowest BCUT2D eigenvalue weighted by atomic mass is 10.2. The fourth-order valence-corrected chi connectivity index (χ4v) is 3.18. The van der Waals surface area contributed by atoms with Gasteiger partial charge in [0.1, 0.15) is 6.04 Å². The van der Waals surface area contributed by atoms with Gasteiger partial charge in [-0.1, -0.05) is 0 Å². The summed E-state index contributed by atoms with van der Waals surface area (Å²) in [4.78, 5) is 15.9. The molecule has 0 saturated carbocycles. The fourth-order valence-electron chi connectivity index (χ4n) is 2.06. The third kappa shape index (κ3) is 2.85. The van der Waals surface area contributed by atoms with E-state index >= 15 is 0 Å². The molecule has 1 unspecified atom stereocenters. The number of carbonyl (C=O) groups excluding carboxylic acids is 1. The molecule has 0 radical (unpaired) electrons. The van der Waals surface area contributed by atoms with Crippen LogP contribution in [0.25, 0.3) is 0 Å². The zero-order chi connectivity index (χ0) is 13.2. The number of rotatable bonds is 3. The van der Waals surface area contributed by atoms with Gasteiger partial charge in [-0.05, 0) is 25.0 Å². The van der Waals surface area contributed by atoms with E-state index in [2.05, 4.69) is 10.3 Å². The van der Waals surface area contributed by atoms with Gasteiger partial charge in [-0.2, -0.15) is 4.31 Å². The van der Waals surface area contributed by atoms with Gasteiger partial charge in [0.05, 0.1) is 6.26 Å². The summed E-state index contributed by atoms with van der Waals surface area (Å²) in [6.07, 6.45) is 5.54. The quantitative estimate of drug-likeness (QED) is 0.863. The first kappa shape index (κ1) is 13.0. The van der Waals surface area contributed by atoms with Crippen LogP contribution in [-0.4, -0.2) is 42.5 Å². The van der Waals surface area contributed by atoms with Crippen LogP contribution in [0, 0.1) is 0 Å². The average Bonchev–Trinajstić information content (AvgIpc) is 2.79.